The summed E-state index contributed by atoms with van der Waals surface area (Å²) in [5, 5.41) is 3.25. The van der Waals surface area contributed by atoms with Gasteiger partial charge in [-0.15, -0.1) is 0 Å². The molecule has 25 heavy (non-hydrogen) atoms. The summed E-state index contributed by atoms with van der Waals surface area (Å²) in [6, 6.07) is 5.13. The Kier molecular flexibility index (Phi) is 5.68. The van der Waals surface area contributed by atoms with Crippen LogP contribution in [-0.2, 0) is 9.59 Å². The average molecular weight is 347 g/mol. The van der Waals surface area contributed by atoms with E-state index >= 15 is 0 Å². The lowest BCUT2D eigenvalue weighted by Gasteiger charge is -2.27. The Bertz CT molecular complexity index is 614. The van der Waals surface area contributed by atoms with Crippen LogP contribution in [0.5, 0.6) is 0 Å². The van der Waals surface area contributed by atoms with Crippen LogP contribution in [0.2, 0.25) is 0 Å². The summed E-state index contributed by atoms with van der Waals surface area (Å²) >= 11 is 0. The Morgan fingerprint density at radius 1 is 1.12 bits per heavy atom. The van der Waals surface area contributed by atoms with E-state index in [1.54, 1.807) is 12.1 Å². The number of rotatable bonds is 5. The van der Waals surface area contributed by atoms with Crippen LogP contribution in [0, 0.1) is 11.7 Å². The predicted molar refractivity (Wildman–Crippen MR) is 93.0 cm³/mol. The minimum Gasteiger partial charge on any atom is -0.368 e. The van der Waals surface area contributed by atoms with Gasteiger partial charge in [0.15, 0.2) is 0 Å². The van der Waals surface area contributed by atoms with Crippen LogP contribution in [0.4, 0.5) is 4.39 Å². The maximum atomic E-state index is 13.1. The molecule has 1 saturated carbocycles. The number of carbonyl (C=O) groups is 2. The molecule has 1 aromatic carbocycles. The number of carbonyl (C=O) groups excluding carboxylic acids is 2. The van der Waals surface area contributed by atoms with Gasteiger partial charge in [0.05, 0.1) is 0 Å². The van der Waals surface area contributed by atoms with E-state index in [0.29, 0.717) is 18.7 Å². The van der Waals surface area contributed by atoms with E-state index in [9.17, 15) is 14.0 Å². The zero-order valence-corrected chi connectivity index (χ0v) is 14.4. The van der Waals surface area contributed by atoms with Crippen molar-refractivity contribution in [2.45, 2.75) is 50.6 Å². The molecule has 0 radical (unpaired) electrons. The van der Waals surface area contributed by atoms with Gasteiger partial charge >= 0.3 is 0 Å². The van der Waals surface area contributed by atoms with Gasteiger partial charge in [0.2, 0.25) is 11.8 Å². The zero-order chi connectivity index (χ0) is 17.8. The third-order valence-corrected chi connectivity index (χ3v) is 5.34. The van der Waals surface area contributed by atoms with Crippen molar-refractivity contribution in [2.75, 3.05) is 13.1 Å². The molecule has 6 heteroatoms. The zero-order valence-electron chi connectivity index (χ0n) is 14.4. The number of hydrogen-bond donors (Lipinski definition) is 2. The summed E-state index contributed by atoms with van der Waals surface area (Å²) in [6.45, 7) is 1.31. The number of amides is 2. The molecule has 2 aliphatic rings. The second-order valence-electron chi connectivity index (χ2n) is 7.16. The highest BCUT2D eigenvalue weighted by Gasteiger charge is 2.33. The van der Waals surface area contributed by atoms with E-state index in [0.717, 1.165) is 32.1 Å². The molecule has 3 rings (SSSR count). The third-order valence-electron chi connectivity index (χ3n) is 5.34. The van der Waals surface area contributed by atoms with Crippen molar-refractivity contribution in [2.24, 2.45) is 11.7 Å². The van der Waals surface area contributed by atoms with E-state index in [4.69, 9.17) is 5.73 Å². The molecular weight excluding hydrogens is 321 g/mol. The molecule has 1 aromatic rings. The van der Waals surface area contributed by atoms with Crippen LogP contribution in [0.1, 0.15) is 50.1 Å². The Labute approximate surface area is 147 Å². The lowest BCUT2D eigenvalue weighted by atomic mass is 9.88. The van der Waals surface area contributed by atoms with Crippen LogP contribution in [0.15, 0.2) is 24.3 Å². The Hall–Kier alpha value is -1.95. The highest BCUT2D eigenvalue weighted by Crippen LogP contribution is 2.27. The second-order valence-corrected chi connectivity index (χ2v) is 7.16. The van der Waals surface area contributed by atoms with Crippen molar-refractivity contribution in [3.05, 3.63) is 35.6 Å². The number of nitrogens with zero attached hydrogens (tertiary/aromatic N) is 1. The minimum absolute atomic E-state index is 0.0232. The fraction of sp³-hybridized carbons (Fsp3) is 0.579. The number of likely N-dealkylation sites (tertiary alicyclic amines) is 1. The van der Waals surface area contributed by atoms with Gasteiger partial charge < -0.3 is 10.6 Å². The van der Waals surface area contributed by atoms with Gasteiger partial charge in [0.25, 0.3) is 0 Å². The van der Waals surface area contributed by atoms with Gasteiger partial charge in [0.1, 0.15) is 11.9 Å². The van der Waals surface area contributed by atoms with Crippen molar-refractivity contribution < 1.29 is 14.0 Å². The first-order valence-electron chi connectivity index (χ1n) is 9.14. The van der Waals surface area contributed by atoms with Crippen molar-refractivity contribution in [1.29, 1.82) is 0 Å². The van der Waals surface area contributed by atoms with Crippen molar-refractivity contribution >= 4 is 11.8 Å². The molecule has 0 bridgehead atoms. The molecule has 136 valence electrons. The second kappa shape index (κ2) is 7.95. The van der Waals surface area contributed by atoms with Gasteiger partial charge in [0, 0.05) is 25.0 Å². The first kappa shape index (κ1) is 17.9. The van der Waals surface area contributed by atoms with Crippen molar-refractivity contribution in [3.63, 3.8) is 0 Å². The molecule has 0 aromatic heterocycles. The first-order valence-corrected chi connectivity index (χ1v) is 9.14. The van der Waals surface area contributed by atoms with E-state index in [1.165, 1.54) is 18.6 Å². The Balaban J connectivity index is 1.59. The molecule has 1 aliphatic heterocycles. The summed E-state index contributed by atoms with van der Waals surface area (Å²) in [4.78, 5) is 26.4. The van der Waals surface area contributed by atoms with Crippen LogP contribution >= 0.6 is 0 Å². The van der Waals surface area contributed by atoms with E-state index in [2.05, 4.69) is 5.32 Å². The summed E-state index contributed by atoms with van der Waals surface area (Å²) in [5.41, 5.74) is 6.16. The standard InChI is InChI=1S/C19H26FN3O2/c20-15-8-6-13(7-9-15)17(18(21)24)22-16-10-11-23(12-16)19(25)14-4-2-1-3-5-14/h6-9,14,16-17,22H,1-5,10-12H2,(H2,21,24)/t16-,17+/m1/s1. The number of primary amides is 1. The summed E-state index contributed by atoms with van der Waals surface area (Å²) in [7, 11) is 0. The highest BCUT2D eigenvalue weighted by molar-refractivity contribution is 5.81. The molecule has 2 atom stereocenters. The van der Waals surface area contributed by atoms with E-state index in [-0.39, 0.29) is 23.7 Å². The largest absolute Gasteiger partial charge is 0.368 e. The number of nitrogens with two attached hydrogens (primary N) is 1. The molecule has 1 heterocycles. The predicted octanol–water partition coefficient (Wildman–Crippen LogP) is 2.12. The molecular formula is C19H26FN3O2. The number of nitrogens with one attached hydrogen (secondary N) is 1. The summed E-state index contributed by atoms with van der Waals surface area (Å²) < 4.78 is 13.1. The molecule has 0 spiro atoms. The monoisotopic (exact) mass is 347 g/mol. The maximum absolute atomic E-state index is 13.1. The average Bonchev–Trinajstić information content (AvgIpc) is 3.09. The Morgan fingerprint density at radius 2 is 1.80 bits per heavy atom. The first-order chi connectivity index (χ1) is 12.0. The van der Waals surface area contributed by atoms with Gasteiger partial charge in [-0.2, -0.15) is 0 Å². The van der Waals surface area contributed by atoms with Gasteiger partial charge in [-0.25, -0.2) is 4.39 Å². The number of benzene rings is 1. The SMILES string of the molecule is NC(=O)[C@@H](N[C@@H]1CCN(C(=O)C2CCCCC2)C1)c1ccc(F)cc1. The molecule has 1 aliphatic carbocycles. The van der Waals surface area contributed by atoms with Crippen LogP contribution in [0.3, 0.4) is 0 Å². The smallest absolute Gasteiger partial charge is 0.239 e. The van der Waals surface area contributed by atoms with Gasteiger partial charge in [-0.1, -0.05) is 31.4 Å². The number of hydrogen-bond acceptors (Lipinski definition) is 3. The lowest BCUT2D eigenvalue weighted by Crippen LogP contribution is -2.43. The van der Waals surface area contributed by atoms with Gasteiger partial charge in [-0.3, -0.25) is 14.9 Å². The molecule has 5 nitrogen and oxygen atoms in total. The van der Waals surface area contributed by atoms with E-state index in [1.807, 2.05) is 4.90 Å². The summed E-state index contributed by atoms with van der Waals surface area (Å²) in [6.07, 6.45) is 6.29. The van der Waals surface area contributed by atoms with Crippen LogP contribution < -0.4 is 11.1 Å². The van der Waals surface area contributed by atoms with Crippen molar-refractivity contribution in [1.82, 2.24) is 10.2 Å². The minimum atomic E-state index is -0.671. The highest BCUT2D eigenvalue weighted by atomic mass is 19.1. The molecule has 2 amide bonds. The number of halogens is 1. The molecule has 1 saturated heterocycles. The van der Waals surface area contributed by atoms with Gasteiger partial charge in [-0.05, 0) is 37.0 Å². The molecule has 0 unspecified atom stereocenters. The van der Waals surface area contributed by atoms with Crippen molar-refractivity contribution in [3.8, 4) is 0 Å². The van der Waals surface area contributed by atoms with Crippen LogP contribution in [0.25, 0.3) is 0 Å². The topological polar surface area (TPSA) is 75.4 Å². The maximum Gasteiger partial charge on any atom is 0.239 e. The third kappa shape index (κ3) is 4.37. The fourth-order valence-corrected chi connectivity index (χ4v) is 3.94. The van der Waals surface area contributed by atoms with E-state index < -0.39 is 11.9 Å². The molecule has 3 N–H and O–H groups in total. The Morgan fingerprint density at radius 3 is 2.44 bits per heavy atom. The quantitative estimate of drug-likeness (QED) is 0.857. The molecule has 2 fully saturated rings. The fourth-order valence-electron chi connectivity index (χ4n) is 3.94. The summed E-state index contributed by atoms with van der Waals surface area (Å²) in [5.74, 6) is -0.432. The lowest BCUT2D eigenvalue weighted by molar-refractivity contribution is -0.135. The van der Waals surface area contributed by atoms with Crippen LogP contribution in [-0.4, -0.2) is 35.8 Å². The normalized spacial score (nSPS) is 22.8.